The van der Waals surface area contributed by atoms with Gasteiger partial charge < -0.3 is 29.0 Å². The molecule has 3 aliphatic rings. The van der Waals surface area contributed by atoms with Gasteiger partial charge in [-0.05, 0) is 42.4 Å². The third-order valence-electron chi connectivity index (χ3n) is 8.14. The maximum atomic E-state index is 13.4. The van der Waals surface area contributed by atoms with Gasteiger partial charge in [0, 0.05) is 50.3 Å². The summed E-state index contributed by atoms with van der Waals surface area (Å²) in [7, 11) is 1.45. The van der Waals surface area contributed by atoms with Gasteiger partial charge in [0.25, 0.3) is 11.5 Å². The van der Waals surface area contributed by atoms with Crippen molar-refractivity contribution in [2.75, 3.05) is 27.0 Å². The largest absolute Gasteiger partial charge is 0.496 e. The number of carbonyl (C=O) groups excluding carboxylic acids is 2. The molecule has 1 aromatic carbocycles. The van der Waals surface area contributed by atoms with Gasteiger partial charge in [-0.1, -0.05) is 19.9 Å². The van der Waals surface area contributed by atoms with Gasteiger partial charge in [-0.15, -0.1) is 0 Å². The van der Waals surface area contributed by atoms with Gasteiger partial charge in [0.05, 0.1) is 7.11 Å². The minimum absolute atomic E-state index is 0.0597. The quantitative estimate of drug-likeness (QED) is 0.634. The number of aromatic nitrogens is 1. The summed E-state index contributed by atoms with van der Waals surface area (Å²) in [6.45, 7) is 6.03. The lowest BCUT2D eigenvalue weighted by Crippen LogP contribution is -2.36. The van der Waals surface area contributed by atoms with Crippen molar-refractivity contribution in [3.63, 3.8) is 0 Å². The number of nitrogens with zero attached hydrogens (tertiary/aromatic N) is 2. The Balaban J connectivity index is 1.35. The molecule has 3 heterocycles. The maximum absolute atomic E-state index is 13.4. The van der Waals surface area contributed by atoms with Crippen LogP contribution in [0.2, 0.25) is 0 Å². The van der Waals surface area contributed by atoms with Crippen LogP contribution in [0.3, 0.4) is 0 Å². The number of hydrogen-bond donors (Lipinski definition) is 1. The highest BCUT2D eigenvalue weighted by Gasteiger charge is 2.56. The van der Waals surface area contributed by atoms with Crippen LogP contribution in [-0.4, -0.2) is 48.3 Å². The number of methoxy groups -OCH3 is 1. The third kappa shape index (κ3) is 4.20. The second-order valence-electron chi connectivity index (χ2n) is 9.80. The lowest BCUT2D eigenvalue weighted by molar-refractivity contribution is -0.133. The van der Waals surface area contributed by atoms with Crippen molar-refractivity contribution in [2.24, 2.45) is 11.3 Å². The van der Waals surface area contributed by atoms with Crippen molar-refractivity contribution in [3.8, 4) is 17.2 Å². The predicted octanol–water partition coefficient (Wildman–Crippen LogP) is 2.73. The zero-order chi connectivity index (χ0) is 25.4. The molecule has 1 fully saturated rings. The highest BCUT2D eigenvalue weighted by molar-refractivity contribution is 5.98. The van der Waals surface area contributed by atoms with E-state index in [0.29, 0.717) is 48.8 Å². The highest BCUT2D eigenvalue weighted by Crippen LogP contribution is 2.58. The van der Waals surface area contributed by atoms with Crippen molar-refractivity contribution in [2.45, 2.75) is 52.6 Å². The number of pyridine rings is 1. The Hall–Kier alpha value is -3.49. The van der Waals surface area contributed by atoms with Crippen molar-refractivity contribution in [1.29, 1.82) is 0 Å². The van der Waals surface area contributed by atoms with Crippen molar-refractivity contribution >= 4 is 11.8 Å². The Morgan fingerprint density at radius 3 is 2.61 bits per heavy atom. The van der Waals surface area contributed by atoms with Crippen LogP contribution in [0, 0.1) is 11.3 Å². The van der Waals surface area contributed by atoms with Gasteiger partial charge in [0.2, 0.25) is 12.7 Å². The number of fused-ring (bicyclic) bond motifs is 2. The lowest BCUT2D eigenvalue weighted by atomic mass is 9.96. The van der Waals surface area contributed by atoms with Gasteiger partial charge in [-0.25, -0.2) is 0 Å². The number of nitrogens with one attached hydrogen (secondary N) is 1. The molecule has 1 saturated carbocycles. The van der Waals surface area contributed by atoms with Crippen molar-refractivity contribution < 1.29 is 23.8 Å². The SMILES string of the molecule is CCC1(CC)C[C@@H]1C(=O)N1CCc2c(C(=O)NCc3ccc4c(c3)OCO4)c(OC)cc(=O)n2CC1. The zero-order valence-corrected chi connectivity index (χ0v) is 21.1. The number of rotatable bonds is 7. The molecule has 9 heteroatoms. The summed E-state index contributed by atoms with van der Waals surface area (Å²) in [6, 6.07) is 6.88. The first-order chi connectivity index (χ1) is 17.4. The van der Waals surface area contributed by atoms with Crippen LogP contribution in [0.5, 0.6) is 17.2 Å². The molecule has 2 amide bonds. The van der Waals surface area contributed by atoms with E-state index < -0.39 is 0 Å². The molecule has 1 aliphatic carbocycles. The molecule has 1 N–H and O–H groups in total. The van der Waals surface area contributed by atoms with E-state index in [9.17, 15) is 14.4 Å². The number of carbonyl (C=O) groups is 2. The molecule has 2 aromatic rings. The Labute approximate surface area is 210 Å². The van der Waals surface area contributed by atoms with Gasteiger partial charge >= 0.3 is 0 Å². The Kier molecular flexibility index (Phi) is 6.40. The molecule has 9 nitrogen and oxygen atoms in total. The van der Waals surface area contributed by atoms with Gasteiger partial charge in [-0.3, -0.25) is 14.4 Å². The summed E-state index contributed by atoms with van der Waals surface area (Å²) in [5.41, 5.74) is 1.70. The molecule has 0 bridgehead atoms. The topological polar surface area (TPSA) is 99.1 Å². The number of ether oxygens (including phenoxy) is 3. The Morgan fingerprint density at radius 1 is 1.11 bits per heavy atom. The fourth-order valence-electron chi connectivity index (χ4n) is 5.65. The van der Waals surface area contributed by atoms with E-state index in [2.05, 4.69) is 19.2 Å². The number of amides is 2. The Morgan fingerprint density at radius 2 is 1.89 bits per heavy atom. The van der Waals surface area contributed by atoms with E-state index in [1.807, 2.05) is 23.1 Å². The monoisotopic (exact) mass is 495 g/mol. The van der Waals surface area contributed by atoms with E-state index in [1.54, 1.807) is 4.57 Å². The molecule has 36 heavy (non-hydrogen) atoms. The van der Waals surface area contributed by atoms with Crippen LogP contribution in [-0.2, 0) is 24.3 Å². The van der Waals surface area contributed by atoms with Crippen LogP contribution in [0.1, 0.15) is 54.7 Å². The normalized spacial score (nSPS) is 19.3. The highest BCUT2D eigenvalue weighted by atomic mass is 16.7. The van der Waals surface area contributed by atoms with E-state index >= 15 is 0 Å². The molecular formula is C27H33N3O6. The first-order valence-electron chi connectivity index (χ1n) is 12.7. The van der Waals surface area contributed by atoms with Crippen LogP contribution in [0.4, 0.5) is 0 Å². The molecule has 1 aromatic heterocycles. The van der Waals surface area contributed by atoms with E-state index in [-0.39, 0.29) is 47.8 Å². The minimum Gasteiger partial charge on any atom is -0.496 e. The first kappa shape index (κ1) is 24.2. The minimum atomic E-state index is -0.328. The lowest BCUT2D eigenvalue weighted by Gasteiger charge is -2.22. The molecule has 2 aliphatic heterocycles. The van der Waals surface area contributed by atoms with Crippen LogP contribution >= 0.6 is 0 Å². The molecule has 5 rings (SSSR count). The third-order valence-corrected chi connectivity index (χ3v) is 8.14. The maximum Gasteiger partial charge on any atom is 0.257 e. The van der Waals surface area contributed by atoms with Gasteiger partial charge in [0.15, 0.2) is 11.5 Å². The van der Waals surface area contributed by atoms with Crippen molar-refractivity contribution in [1.82, 2.24) is 14.8 Å². The molecule has 0 radical (unpaired) electrons. The standard InChI is InChI=1S/C27H33N3O6/c1-4-27(5-2)14-18(27)26(33)29-9-8-19-24(22(34-3)13-23(31)30(19)11-10-29)25(32)28-15-17-6-7-20-21(12-17)36-16-35-20/h6-7,12-13,18H,4-5,8-11,14-16H2,1-3H3,(H,28,32)/t18-/m1/s1. The van der Waals surface area contributed by atoms with Gasteiger partial charge in [-0.2, -0.15) is 0 Å². The van der Waals surface area contributed by atoms with E-state index in [1.165, 1.54) is 13.2 Å². The fraction of sp³-hybridized carbons (Fsp3) is 0.519. The zero-order valence-electron chi connectivity index (χ0n) is 21.1. The molecule has 0 saturated heterocycles. The summed E-state index contributed by atoms with van der Waals surface area (Å²) in [5.74, 6) is 1.47. The average molecular weight is 496 g/mol. The molecule has 0 spiro atoms. The second kappa shape index (κ2) is 9.52. The van der Waals surface area contributed by atoms with E-state index in [4.69, 9.17) is 14.2 Å². The Bertz CT molecular complexity index is 1250. The van der Waals surface area contributed by atoms with Crippen LogP contribution in [0.25, 0.3) is 0 Å². The molecule has 0 unspecified atom stereocenters. The summed E-state index contributed by atoms with van der Waals surface area (Å²) < 4.78 is 17.8. The molecule has 192 valence electrons. The molecular weight excluding hydrogens is 462 g/mol. The summed E-state index contributed by atoms with van der Waals surface area (Å²) in [5, 5.41) is 2.95. The van der Waals surface area contributed by atoms with Gasteiger partial charge in [0.1, 0.15) is 11.3 Å². The van der Waals surface area contributed by atoms with Crippen molar-refractivity contribution in [3.05, 3.63) is 51.4 Å². The number of benzene rings is 1. The smallest absolute Gasteiger partial charge is 0.257 e. The average Bonchev–Trinajstić information content (AvgIpc) is 3.53. The first-order valence-corrected chi connectivity index (χ1v) is 12.7. The van der Waals surface area contributed by atoms with Crippen LogP contribution in [0.15, 0.2) is 29.1 Å². The predicted molar refractivity (Wildman–Crippen MR) is 132 cm³/mol. The number of hydrogen-bond acceptors (Lipinski definition) is 6. The summed E-state index contributed by atoms with van der Waals surface area (Å²) >= 11 is 0. The second-order valence-corrected chi connectivity index (χ2v) is 9.80. The fourth-order valence-corrected chi connectivity index (χ4v) is 5.65. The molecule has 1 atom stereocenters. The van der Waals surface area contributed by atoms with E-state index in [0.717, 1.165) is 24.8 Å². The summed E-state index contributed by atoms with van der Waals surface area (Å²) in [4.78, 5) is 41.4. The summed E-state index contributed by atoms with van der Waals surface area (Å²) in [6.07, 6.45) is 3.34. The van der Waals surface area contributed by atoms with Crippen LogP contribution < -0.4 is 25.1 Å².